The maximum Gasteiger partial charge on any atom is 0.330 e. The van der Waals surface area contributed by atoms with Crippen LogP contribution in [0.25, 0.3) is 11.7 Å². The number of rotatable bonds is 4. The molecule has 0 amide bonds. The number of nitrogens with one attached hydrogen (secondary N) is 1. The maximum absolute atomic E-state index is 12.2. The van der Waals surface area contributed by atoms with Gasteiger partial charge in [-0.25, -0.2) is 18.1 Å². The van der Waals surface area contributed by atoms with E-state index >= 15 is 0 Å². The SMILES string of the molecule is Cn1ccnc1-c1nnc(NS(=O)(=O)c2ccc(Cl)cc2)o1. The molecule has 0 aliphatic rings. The maximum atomic E-state index is 12.2. The molecule has 0 aliphatic carbocycles. The van der Waals surface area contributed by atoms with E-state index in [0.717, 1.165) is 0 Å². The van der Waals surface area contributed by atoms with Gasteiger partial charge in [0.1, 0.15) is 0 Å². The van der Waals surface area contributed by atoms with Crippen LogP contribution in [-0.4, -0.2) is 28.2 Å². The topological polar surface area (TPSA) is 103 Å². The Kier molecular flexibility index (Phi) is 3.59. The summed E-state index contributed by atoms with van der Waals surface area (Å²) in [6, 6.07) is 5.46. The van der Waals surface area contributed by atoms with E-state index in [-0.39, 0.29) is 16.8 Å². The van der Waals surface area contributed by atoms with E-state index in [1.54, 1.807) is 24.0 Å². The molecule has 0 saturated heterocycles. The summed E-state index contributed by atoms with van der Waals surface area (Å²) in [5, 5.41) is 7.86. The molecule has 3 aromatic rings. The molecule has 1 aromatic carbocycles. The summed E-state index contributed by atoms with van der Waals surface area (Å²) in [5.74, 6) is 0.547. The molecule has 0 bridgehead atoms. The monoisotopic (exact) mass is 339 g/mol. The van der Waals surface area contributed by atoms with Crippen LogP contribution in [0.3, 0.4) is 0 Å². The highest BCUT2D eigenvalue weighted by atomic mass is 35.5. The largest absolute Gasteiger partial charge is 0.399 e. The number of imidazole rings is 1. The summed E-state index contributed by atoms with van der Waals surface area (Å²) in [5.41, 5.74) is 0. The van der Waals surface area contributed by atoms with Crippen molar-refractivity contribution in [2.45, 2.75) is 4.90 Å². The van der Waals surface area contributed by atoms with E-state index in [4.69, 9.17) is 16.0 Å². The van der Waals surface area contributed by atoms with Gasteiger partial charge in [0.25, 0.3) is 15.9 Å². The Morgan fingerprint density at radius 3 is 2.59 bits per heavy atom. The van der Waals surface area contributed by atoms with Crippen LogP contribution >= 0.6 is 11.6 Å². The van der Waals surface area contributed by atoms with Gasteiger partial charge in [-0.2, -0.15) is 0 Å². The number of sulfonamides is 1. The second kappa shape index (κ2) is 5.43. The second-order valence-corrected chi connectivity index (χ2v) is 6.45. The van der Waals surface area contributed by atoms with Gasteiger partial charge >= 0.3 is 6.01 Å². The van der Waals surface area contributed by atoms with Gasteiger partial charge in [-0.3, -0.25) is 0 Å². The number of aryl methyl sites for hydroxylation is 1. The van der Waals surface area contributed by atoms with Crippen LogP contribution in [0.4, 0.5) is 6.01 Å². The molecule has 2 aromatic heterocycles. The van der Waals surface area contributed by atoms with Crippen molar-refractivity contribution in [3.63, 3.8) is 0 Å². The van der Waals surface area contributed by atoms with Crippen LogP contribution < -0.4 is 4.72 Å². The van der Waals surface area contributed by atoms with Gasteiger partial charge in [-0.15, -0.1) is 5.10 Å². The van der Waals surface area contributed by atoms with E-state index < -0.39 is 10.0 Å². The fraction of sp³-hybridized carbons (Fsp3) is 0.0833. The van der Waals surface area contributed by atoms with Gasteiger partial charge in [0, 0.05) is 24.5 Å². The molecule has 0 saturated carbocycles. The predicted octanol–water partition coefficient (Wildman–Crippen LogP) is 1.92. The third-order valence-corrected chi connectivity index (χ3v) is 4.37. The molecule has 0 spiro atoms. The van der Waals surface area contributed by atoms with Gasteiger partial charge in [-0.1, -0.05) is 16.7 Å². The highest BCUT2D eigenvalue weighted by Crippen LogP contribution is 2.20. The lowest BCUT2D eigenvalue weighted by Crippen LogP contribution is -2.13. The molecular formula is C12H10ClN5O3S. The summed E-state index contributed by atoms with van der Waals surface area (Å²) in [6.45, 7) is 0. The first-order valence-corrected chi connectivity index (χ1v) is 7.91. The lowest BCUT2D eigenvalue weighted by atomic mass is 10.4. The van der Waals surface area contributed by atoms with Crippen molar-refractivity contribution in [3.8, 4) is 11.7 Å². The van der Waals surface area contributed by atoms with Crippen molar-refractivity contribution in [1.82, 2.24) is 19.7 Å². The quantitative estimate of drug-likeness (QED) is 0.779. The number of hydrogen-bond acceptors (Lipinski definition) is 6. The van der Waals surface area contributed by atoms with Crippen LogP contribution in [0.2, 0.25) is 5.02 Å². The second-order valence-electron chi connectivity index (χ2n) is 4.33. The fourth-order valence-corrected chi connectivity index (χ4v) is 2.76. The zero-order valence-electron chi connectivity index (χ0n) is 11.3. The van der Waals surface area contributed by atoms with Crippen LogP contribution in [0, 0.1) is 0 Å². The first kappa shape index (κ1) is 14.5. The summed E-state index contributed by atoms with van der Waals surface area (Å²) in [7, 11) is -2.07. The highest BCUT2D eigenvalue weighted by Gasteiger charge is 2.19. The first-order chi connectivity index (χ1) is 10.5. The lowest BCUT2D eigenvalue weighted by molar-refractivity contribution is 0.571. The molecule has 0 atom stereocenters. The molecule has 114 valence electrons. The number of halogens is 1. The average Bonchev–Trinajstić information content (AvgIpc) is 3.07. The molecule has 0 unspecified atom stereocenters. The van der Waals surface area contributed by atoms with E-state index in [2.05, 4.69) is 19.9 Å². The van der Waals surface area contributed by atoms with Crippen LogP contribution in [0.15, 0.2) is 46.0 Å². The summed E-state index contributed by atoms with van der Waals surface area (Å²) in [4.78, 5) is 4.07. The van der Waals surface area contributed by atoms with Crippen molar-refractivity contribution in [2.75, 3.05) is 4.72 Å². The number of aromatic nitrogens is 4. The Balaban J connectivity index is 1.86. The minimum absolute atomic E-state index is 0.0358. The Morgan fingerprint density at radius 1 is 1.23 bits per heavy atom. The highest BCUT2D eigenvalue weighted by molar-refractivity contribution is 7.92. The Hall–Kier alpha value is -2.39. The number of nitrogens with zero attached hydrogens (tertiary/aromatic N) is 4. The summed E-state index contributed by atoms with van der Waals surface area (Å²) >= 11 is 5.73. The van der Waals surface area contributed by atoms with E-state index in [9.17, 15) is 8.42 Å². The van der Waals surface area contributed by atoms with Gasteiger partial charge < -0.3 is 8.98 Å². The van der Waals surface area contributed by atoms with Gasteiger partial charge in [0.2, 0.25) is 0 Å². The first-order valence-electron chi connectivity index (χ1n) is 6.05. The zero-order valence-corrected chi connectivity index (χ0v) is 12.8. The fourth-order valence-electron chi connectivity index (χ4n) is 1.71. The minimum atomic E-state index is -3.83. The van der Waals surface area contributed by atoms with Crippen LogP contribution in [-0.2, 0) is 17.1 Å². The molecule has 10 heteroatoms. The van der Waals surface area contributed by atoms with Crippen molar-refractivity contribution in [3.05, 3.63) is 41.7 Å². The molecule has 8 nitrogen and oxygen atoms in total. The number of benzene rings is 1. The predicted molar refractivity (Wildman–Crippen MR) is 78.8 cm³/mol. The number of anilines is 1. The number of hydrogen-bond donors (Lipinski definition) is 1. The Morgan fingerprint density at radius 2 is 1.95 bits per heavy atom. The van der Waals surface area contributed by atoms with Gasteiger partial charge in [-0.05, 0) is 24.3 Å². The molecule has 0 fully saturated rings. The smallest absolute Gasteiger partial charge is 0.330 e. The Labute approximate surface area is 130 Å². The third-order valence-electron chi connectivity index (χ3n) is 2.78. The molecular weight excluding hydrogens is 330 g/mol. The van der Waals surface area contributed by atoms with Crippen molar-refractivity contribution >= 4 is 27.6 Å². The summed E-state index contributed by atoms with van der Waals surface area (Å²) in [6.07, 6.45) is 3.27. The molecule has 3 rings (SSSR count). The molecule has 2 heterocycles. The normalized spacial score (nSPS) is 11.5. The molecule has 0 radical (unpaired) electrons. The zero-order chi connectivity index (χ0) is 15.7. The van der Waals surface area contributed by atoms with Crippen LogP contribution in [0.1, 0.15) is 0 Å². The summed E-state index contributed by atoms with van der Waals surface area (Å²) < 4.78 is 33.5. The van der Waals surface area contributed by atoms with Crippen molar-refractivity contribution in [2.24, 2.45) is 7.05 Å². The minimum Gasteiger partial charge on any atom is -0.399 e. The molecule has 0 aliphatic heterocycles. The molecule has 22 heavy (non-hydrogen) atoms. The van der Waals surface area contributed by atoms with E-state index in [1.807, 2.05) is 0 Å². The standard InChI is InChI=1S/C12H10ClN5O3S/c1-18-7-6-14-10(18)11-15-16-12(21-11)17-22(19,20)9-4-2-8(13)3-5-9/h2-7H,1H3,(H,16,17). The molecule has 1 N–H and O–H groups in total. The van der Waals surface area contributed by atoms with Crippen LogP contribution in [0.5, 0.6) is 0 Å². The van der Waals surface area contributed by atoms with E-state index in [0.29, 0.717) is 10.8 Å². The van der Waals surface area contributed by atoms with Crippen molar-refractivity contribution < 1.29 is 12.8 Å². The van der Waals surface area contributed by atoms with Gasteiger partial charge in [0.15, 0.2) is 5.82 Å². The third kappa shape index (κ3) is 2.81. The van der Waals surface area contributed by atoms with Crippen molar-refractivity contribution in [1.29, 1.82) is 0 Å². The van der Waals surface area contributed by atoms with E-state index in [1.165, 1.54) is 24.3 Å². The Bertz CT molecular complexity index is 901. The lowest BCUT2D eigenvalue weighted by Gasteiger charge is -2.03. The average molecular weight is 340 g/mol. The van der Waals surface area contributed by atoms with Gasteiger partial charge in [0.05, 0.1) is 4.90 Å².